The van der Waals surface area contributed by atoms with Crippen LogP contribution in [0.3, 0.4) is 0 Å². The Morgan fingerprint density at radius 3 is 1.71 bits per heavy atom. The number of ether oxygens (including phenoxy) is 2. The summed E-state index contributed by atoms with van der Waals surface area (Å²) in [6.45, 7) is 18.5. The molecule has 0 radical (unpaired) electrons. The van der Waals surface area contributed by atoms with Crippen molar-refractivity contribution in [3.05, 3.63) is 118 Å². The van der Waals surface area contributed by atoms with Gasteiger partial charge in [0, 0.05) is 65.7 Å². The Labute approximate surface area is 453 Å². The molecule has 77 heavy (non-hydrogen) atoms. The third kappa shape index (κ3) is 15.9. The van der Waals surface area contributed by atoms with Gasteiger partial charge in [0.25, 0.3) is 10.1 Å². The predicted octanol–water partition coefficient (Wildman–Crippen LogP) is 12.9. The quantitative estimate of drug-likeness (QED) is 0.136. The molecule has 1 aliphatic heterocycles. The second kappa shape index (κ2) is 26.5. The summed E-state index contributed by atoms with van der Waals surface area (Å²) in [5.41, 5.74) is 13.3. The SMILES string of the molecule is Cc1ccc2c(C3CCCCC3)c(-c3ccccc3COS(C)(=O)=O)n(CCNC(=O)OC(C)(C)C)c2c1.Cc1ccc2c(C3CCCCC3)c3n(c2c1)CCN(C(=O)OC(C)(C)C)Cc1ccccc1-3.O=C=O.O=C=O. The van der Waals surface area contributed by atoms with E-state index in [2.05, 4.69) is 89.0 Å². The van der Waals surface area contributed by atoms with E-state index in [1.54, 1.807) is 0 Å². The smallest absolute Gasteiger partial charge is 0.410 e. The van der Waals surface area contributed by atoms with Crippen molar-refractivity contribution in [3.8, 4) is 22.5 Å². The number of amides is 2. The van der Waals surface area contributed by atoms with Gasteiger partial charge in [-0.05, 0) is 138 Å². The van der Waals surface area contributed by atoms with Gasteiger partial charge in [0.1, 0.15) is 11.2 Å². The maximum absolute atomic E-state index is 13.1. The van der Waals surface area contributed by atoms with E-state index in [0.29, 0.717) is 38.0 Å². The second-order valence-corrected chi connectivity index (χ2v) is 24.0. The fourth-order valence-corrected chi connectivity index (χ4v) is 11.5. The minimum atomic E-state index is -3.60. The lowest BCUT2D eigenvalue weighted by Crippen LogP contribution is -2.39. The van der Waals surface area contributed by atoms with Gasteiger partial charge in [0.05, 0.1) is 24.3 Å². The van der Waals surface area contributed by atoms with E-state index in [4.69, 9.17) is 32.8 Å². The summed E-state index contributed by atoms with van der Waals surface area (Å²) in [7, 11) is -3.60. The van der Waals surface area contributed by atoms with Gasteiger partial charge in [-0.25, -0.2) is 9.59 Å². The van der Waals surface area contributed by atoms with Crippen LogP contribution in [0.25, 0.3) is 44.3 Å². The van der Waals surface area contributed by atoms with Gasteiger partial charge in [-0.15, -0.1) is 0 Å². The third-order valence-corrected chi connectivity index (χ3v) is 14.7. The van der Waals surface area contributed by atoms with Crippen molar-refractivity contribution in [3.63, 3.8) is 0 Å². The summed E-state index contributed by atoms with van der Waals surface area (Å²) >= 11 is 0. The number of benzene rings is 4. The van der Waals surface area contributed by atoms with Gasteiger partial charge in [-0.2, -0.15) is 27.6 Å². The lowest BCUT2D eigenvalue weighted by molar-refractivity contribution is -0.193. The molecule has 0 unspecified atom stereocenters. The summed E-state index contributed by atoms with van der Waals surface area (Å²) in [5, 5.41) is 5.52. The number of rotatable bonds is 9. The third-order valence-electron chi connectivity index (χ3n) is 14.1. The molecule has 0 atom stereocenters. The number of hydrogen-bond donors (Lipinski definition) is 1. The number of nitrogens with one attached hydrogen (secondary N) is 1. The Balaban J connectivity index is 0.000000228. The highest BCUT2D eigenvalue weighted by atomic mass is 32.2. The van der Waals surface area contributed by atoms with E-state index < -0.39 is 27.4 Å². The Kier molecular flexibility index (Phi) is 20.4. The molecule has 15 nitrogen and oxygen atoms in total. The molecule has 1 N–H and O–H groups in total. The Morgan fingerprint density at radius 2 is 1.16 bits per heavy atom. The number of carbonyl (C=O) groups is 2. The van der Waals surface area contributed by atoms with E-state index >= 15 is 0 Å². The number of nitrogens with zero attached hydrogens (tertiary/aromatic N) is 3. The van der Waals surface area contributed by atoms with E-state index in [9.17, 15) is 18.0 Å². The Bertz CT molecular complexity index is 3180. The fourth-order valence-electron chi connectivity index (χ4n) is 11.1. The summed E-state index contributed by atoms with van der Waals surface area (Å²) in [6, 6.07) is 30.0. The van der Waals surface area contributed by atoms with Gasteiger partial charge in [0.15, 0.2) is 0 Å². The molecule has 0 bridgehead atoms. The van der Waals surface area contributed by atoms with Crippen molar-refractivity contribution in [2.75, 3.05) is 19.3 Å². The van der Waals surface area contributed by atoms with E-state index in [-0.39, 0.29) is 25.0 Å². The van der Waals surface area contributed by atoms with Gasteiger partial charge < -0.3 is 28.8 Å². The van der Waals surface area contributed by atoms with E-state index in [0.717, 1.165) is 53.5 Å². The molecule has 6 aromatic rings. The molecule has 412 valence electrons. The average molecular weight is 1070 g/mol. The summed E-state index contributed by atoms with van der Waals surface area (Å²) < 4.78 is 44.9. The van der Waals surface area contributed by atoms with Crippen LogP contribution in [-0.2, 0) is 69.2 Å². The molecule has 16 heteroatoms. The first-order chi connectivity index (χ1) is 36.6. The fraction of sp³-hybridized carbons (Fsp3) is 0.475. The number of carbonyl (C=O) groups excluding carboxylic acids is 6. The summed E-state index contributed by atoms with van der Waals surface area (Å²) in [6.07, 6.45) is 13.3. The number of alkyl carbamates (subject to hydrolysis) is 1. The van der Waals surface area contributed by atoms with Crippen molar-refractivity contribution in [2.24, 2.45) is 0 Å². The van der Waals surface area contributed by atoms with Gasteiger partial charge in [-0.3, -0.25) is 4.18 Å². The lowest BCUT2D eigenvalue weighted by Gasteiger charge is -2.31. The monoisotopic (exact) mass is 1070 g/mol. The molecular formula is C61H76N4O11S. The number of aromatic nitrogens is 2. The molecule has 2 aliphatic carbocycles. The first-order valence-corrected chi connectivity index (χ1v) is 28.6. The van der Waals surface area contributed by atoms with Crippen molar-refractivity contribution in [2.45, 2.75) is 169 Å². The van der Waals surface area contributed by atoms with E-state index in [1.165, 1.54) is 101 Å². The van der Waals surface area contributed by atoms with Crippen LogP contribution in [-0.4, -0.2) is 77.5 Å². The molecule has 0 spiro atoms. The molecular weight excluding hydrogens is 997 g/mol. The number of fused-ring (bicyclic) bond motifs is 6. The second-order valence-electron chi connectivity index (χ2n) is 22.3. The molecule has 3 heterocycles. The van der Waals surface area contributed by atoms with Crippen LogP contribution in [0.2, 0.25) is 0 Å². The van der Waals surface area contributed by atoms with Crippen LogP contribution in [0.4, 0.5) is 9.59 Å². The van der Waals surface area contributed by atoms with Crippen LogP contribution >= 0.6 is 0 Å². The van der Waals surface area contributed by atoms with Gasteiger partial charge in [-0.1, -0.05) is 111 Å². The normalized spacial score (nSPS) is 15.1. The summed E-state index contributed by atoms with van der Waals surface area (Å²) in [4.78, 5) is 59.8. The highest BCUT2D eigenvalue weighted by Gasteiger charge is 2.32. The first kappa shape index (κ1) is 59.4. The standard InChI is InChI=1S/C30H40N2O5S.C29H36N2O2.2CO2/c1-21-15-16-25-26(19-21)32(18-17-31-29(33)37-30(2,3)4)28(27(25)22-11-7-6-8-12-22)24-14-10-9-13-23(24)20-36-38(5,34)35;1-20-14-15-24-25(18-20)31-17-16-30(28(32)33-29(2,3)4)19-22-12-8-9-13-23(22)27(31)26(24)21-10-6-5-7-11-21;2*2-1-3/h9-10,13-16,19,22H,6-8,11-12,17-18,20H2,1-5H3,(H,31,33);8-9,12-15,18,21H,5-7,10-11,16-17,19H2,1-4H3;;. The minimum Gasteiger partial charge on any atom is -0.444 e. The topological polar surface area (TPSA) is 189 Å². The Morgan fingerprint density at radius 1 is 0.649 bits per heavy atom. The maximum atomic E-state index is 13.1. The summed E-state index contributed by atoms with van der Waals surface area (Å²) in [5.74, 6) is 1.02. The molecule has 2 aromatic heterocycles. The van der Waals surface area contributed by atoms with Crippen LogP contribution in [0.15, 0.2) is 84.9 Å². The highest BCUT2D eigenvalue weighted by Crippen LogP contribution is 2.47. The zero-order valence-electron chi connectivity index (χ0n) is 46.3. The van der Waals surface area contributed by atoms with Crippen molar-refractivity contribution in [1.82, 2.24) is 19.4 Å². The average Bonchev–Trinajstić information content (AvgIpc) is 3.96. The van der Waals surface area contributed by atoms with Crippen LogP contribution < -0.4 is 5.32 Å². The number of aryl methyl sites for hydroxylation is 2. The predicted molar refractivity (Wildman–Crippen MR) is 296 cm³/mol. The largest absolute Gasteiger partial charge is 0.444 e. The zero-order chi connectivity index (χ0) is 56.1. The molecule has 9 rings (SSSR count). The highest BCUT2D eigenvalue weighted by molar-refractivity contribution is 7.85. The van der Waals surface area contributed by atoms with E-state index in [1.807, 2.05) is 70.7 Å². The zero-order valence-corrected chi connectivity index (χ0v) is 47.1. The molecule has 2 amide bonds. The Hall–Kier alpha value is -6.83. The number of hydrogen-bond acceptors (Lipinski definition) is 11. The van der Waals surface area contributed by atoms with Crippen LogP contribution in [0, 0.1) is 13.8 Å². The first-order valence-electron chi connectivity index (χ1n) is 26.8. The molecule has 2 fully saturated rings. The van der Waals surface area contributed by atoms with Crippen LogP contribution in [0.1, 0.15) is 151 Å². The minimum absolute atomic E-state index is 0.0319. The molecule has 0 saturated heterocycles. The van der Waals surface area contributed by atoms with Crippen molar-refractivity contribution in [1.29, 1.82) is 0 Å². The maximum Gasteiger partial charge on any atom is 0.410 e. The molecule has 2 saturated carbocycles. The lowest BCUT2D eigenvalue weighted by atomic mass is 9.81. The molecule has 4 aromatic carbocycles. The van der Waals surface area contributed by atoms with Crippen molar-refractivity contribution >= 4 is 56.4 Å². The molecule has 3 aliphatic rings. The van der Waals surface area contributed by atoms with Crippen molar-refractivity contribution < 1.29 is 50.8 Å². The van der Waals surface area contributed by atoms with Crippen LogP contribution in [0.5, 0.6) is 0 Å². The van der Waals surface area contributed by atoms with Gasteiger partial charge >= 0.3 is 24.5 Å². The van der Waals surface area contributed by atoms with Gasteiger partial charge in [0.2, 0.25) is 0 Å².